The maximum atomic E-state index is 11.5. The van der Waals surface area contributed by atoms with Crippen molar-refractivity contribution in [3.8, 4) is 0 Å². The Morgan fingerprint density at radius 1 is 1.24 bits per heavy atom. The minimum absolute atomic E-state index is 0.253. The van der Waals surface area contributed by atoms with Crippen LogP contribution in [0.4, 0.5) is 0 Å². The zero-order valence-corrected chi connectivity index (χ0v) is 11.4. The van der Waals surface area contributed by atoms with E-state index in [0.717, 1.165) is 0 Å². The van der Waals surface area contributed by atoms with E-state index in [1.54, 1.807) is 12.0 Å². The Labute approximate surface area is 103 Å². The lowest BCUT2D eigenvalue weighted by Gasteiger charge is -2.52. The molecular formula is C12H23N3O2. The van der Waals surface area contributed by atoms with Crippen LogP contribution in [0.1, 0.15) is 34.6 Å². The van der Waals surface area contributed by atoms with E-state index in [0.29, 0.717) is 18.7 Å². The number of piperazine rings is 1. The number of hydrogen-bond donors (Lipinski definition) is 1. The van der Waals surface area contributed by atoms with Crippen LogP contribution in [-0.2, 0) is 9.63 Å². The van der Waals surface area contributed by atoms with Gasteiger partial charge in [0.2, 0.25) is 0 Å². The number of carbonyl (C=O) groups excluding carboxylic acids is 1. The van der Waals surface area contributed by atoms with Crippen LogP contribution in [-0.4, -0.2) is 40.2 Å². The standard InChI is InChI=1S/C12H23N3O2/c1-9(2)10(16)17-14-7-11(3,4)15(13)12(5,6)8-14/h1,7-8,13H2,2-6H3. The predicted octanol–water partition coefficient (Wildman–Crippen LogP) is 1.07. The molecule has 1 heterocycles. The SMILES string of the molecule is C=C(C)C(=O)ON1CC(C)(C)N(N)C(C)(C)C1. The Hall–Kier alpha value is -0.910. The van der Waals surface area contributed by atoms with Crippen molar-refractivity contribution in [1.82, 2.24) is 10.1 Å². The molecule has 5 heteroatoms. The minimum atomic E-state index is -0.387. The lowest BCUT2D eigenvalue weighted by molar-refractivity contribution is -0.224. The van der Waals surface area contributed by atoms with E-state index in [1.165, 1.54) is 0 Å². The van der Waals surface area contributed by atoms with Gasteiger partial charge in [-0.2, -0.15) is 0 Å². The van der Waals surface area contributed by atoms with E-state index in [-0.39, 0.29) is 17.0 Å². The number of hydroxylamine groups is 2. The van der Waals surface area contributed by atoms with Crippen molar-refractivity contribution < 1.29 is 9.63 Å². The van der Waals surface area contributed by atoms with Crippen molar-refractivity contribution in [2.45, 2.75) is 45.7 Å². The number of nitrogens with two attached hydrogens (primary N) is 1. The van der Waals surface area contributed by atoms with E-state index in [9.17, 15) is 4.79 Å². The van der Waals surface area contributed by atoms with Crippen LogP contribution < -0.4 is 5.84 Å². The highest BCUT2D eigenvalue weighted by Crippen LogP contribution is 2.29. The average Bonchev–Trinajstić information content (AvgIpc) is 2.12. The molecule has 1 fully saturated rings. The van der Waals surface area contributed by atoms with Crippen LogP contribution in [0.15, 0.2) is 12.2 Å². The Morgan fingerprint density at radius 3 is 2.00 bits per heavy atom. The quantitative estimate of drug-likeness (QED) is 0.579. The van der Waals surface area contributed by atoms with E-state index < -0.39 is 0 Å². The Balaban J connectivity index is 2.78. The van der Waals surface area contributed by atoms with Crippen molar-refractivity contribution in [3.05, 3.63) is 12.2 Å². The summed E-state index contributed by atoms with van der Waals surface area (Å²) in [6, 6.07) is 0. The van der Waals surface area contributed by atoms with Gasteiger partial charge >= 0.3 is 5.97 Å². The fraction of sp³-hybridized carbons (Fsp3) is 0.750. The Kier molecular flexibility index (Phi) is 3.66. The smallest absolute Gasteiger partial charge is 0.352 e. The molecular weight excluding hydrogens is 218 g/mol. The van der Waals surface area contributed by atoms with Crippen molar-refractivity contribution >= 4 is 5.97 Å². The molecule has 2 N–H and O–H groups in total. The summed E-state index contributed by atoms with van der Waals surface area (Å²) in [5, 5.41) is 3.49. The fourth-order valence-electron chi connectivity index (χ4n) is 2.15. The molecule has 98 valence electrons. The molecule has 0 aromatic carbocycles. The van der Waals surface area contributed by atoms with Crippen LogP contribution >= 0.6 is 0 Å². The molecule has 0 amide bonds. The van der Waals surface area contributed by atoms with E-state index in [1.807, 2.05) is 32.7 Å². The first kappa shape index (κ1) is 14.2. The highest BCUT2D eigenvalue weighted by atomic mass is 16.7. The summed E-state index contributed by atoms with van der Waals surface area (Å²) in [6.45, 7) is 14.5. The first-order valence-corrected chi connectivity index (χ1v) is 5.74. The summed E-state index contributed by atoms with van der Waals surface area (Å²) in [5.41, 5.74) is -0.107. The maximum Gasteiger partial charge on any atom is 0.352 e. The second-order valence-electron chi connectivity index (χ2n) is 5.95. The molecule has 17 heavy (non-hydrogen) atoms. The Bertz CT molecular complexity index is 319. The van der Waals surface area contributed by atoms with Crippen LogP contribution in [0.2, 0.25) is 0 Å². The van der Waals surface area contributed by atoms with Gasteiger partial charge in [0.25, 0.3) is 0 Å². The van der Waals surface area contributed by atoms with Gasteiger partial charge < -0.3 is 4.84 Å². The number of hydrazine groups is 1. The lowest BCUT2D eigenvalue weighted by Crippen LogP contribution is -2.71. The van der Waals surface area contributed by atoms with Crippen molar-refractivity contribution in [2.24, 2.45) is 5.84 Å². The molecule has 1 saturated heterocycles. The van der Waals surface area contributed by atoms with Gasteiger partial charge in [-0.05, 0) is 34.6 Å². The third-order valence-electron chi connectivity index (χ3n) is 2.99. The van der Waals surface area contributed by atoms with Crippen molar-refractivity contribution in [1.29, 1.82) is 0 Å². The molecule has 5 nitrogen and oxygen atoms in total. The second-order valence-corrected chi connectivity index (χ2v) is 5.95. The van der Waals surface area contributed by atoms with E-state index in [2.05, 4.69) is 6.58 Å². The molecule has 1 aliphatic rings. The highest BCUT2D eigenvalue weighted by molar-refractivity contribution is 5.86. The van der Waals surface area contributed by atoms with Gasteiger partial charge in [0.15, 0.2) is 0 Å². The zero-order valence-electron chi connectivity index (χ0n) is 11.4. The molecule has 1 aliphatic heterocycles. The third-order valence-corrected chi connectivity index (χ3v) is 2.99. The summed E-state index contributed by atoms with van der Waals surface area (Å²) in [4.78, 5) is 16.8. The Morgan fingerprint density at radius 2 is 1.65 bits per heavy atom. The fourth-order valence-corrected chi connectivity index (χ4v) is 2.15. The molecule has 0 radical (unpaired) electrons. The molecule has 0 saturated carbocycles. The number of hydrogen-bond acceptors (Lipinski definition) is 5. The molecule has 0 atom stereocenters. The normalized spacial score (nSPS) is 24.4. The van der Waals surface area contributed by atoms with Crippen LogP contribution in [0.5, 0.6) is 0 Å². The zero-order chi connectivity index (χ0) is 13.4. The van der Waals surface area contributed by atoms with Crippen LogP contribution in [0, 0.1) is 0 Å². The topological polar surface area (TPSA) is 58.8 Å². The van der Waals surface area contributed by atoms with Gasteiger partial charge in [-0.3, -0.25) is 5.84 Å². The average molecular weight is 241 g/mol. The summed E-state index contributed by atoms with van der Waals surface area (Å²) < 4.78 is 0. The van der Waals surface area contributed by atoms with Gasteiger partial charge in [0, 0.05) is 16.7 Å². The first-order chi connectivity index (χ1) is 7.56. The molecule has 0 aromatic rings. The van der Waals surface area contributed by atoms with Crippen LogP contribution in [0.25, 0.3) is 0 Å². The van der Waals surface area contributed by atoms with Gasteiger partial charge in [-0.15, -0.1) is 5.06 Å². The highest BCUT2D eigenvalue weighted by Gasteiger charge is 2.44. The number of carbonyl (C=O) groups is 1. The number of nitrogens with zero attached hydrogens (tertiary/aromatic N) is 2. The molecule has 1 rings (SSSR count). The van der Waals surface area contributed by atoms with Crippen molar-refractivity contribution in [3.63, 3.8) is 0 Å². The first-order valence-electron chi connectivity index (χ1n) is 5.74. The molecule has 0 aromatic heterocycles. The molecule has 0 bridgehead atoms. The summed E-state index contributed by atoms with van der Waals surface area (Å²) >= 11 is 0. The van der Waals surface area contributed by atoms with Gasteiger partial charge in [-0.25, -0.2) is 9.80 Å². The maximum absolute atomic E-state index is 11.5. The number of rotatable bonds is 2. The second kappa shape index (κ2) is 4.40. The molecule has 0 spiro atoms. The largest absolute Gasteiger partial charge is 0.364 e. The molecule has 0 aliphatic carbocycles. The summed E-state index contributed by atoms with van der Waals surface area (Å²) in [5.74, 6) is 5.70. The predicted molar refractivity (Wildman–Crippen MR) is 66.7 cm³/mol. The van der Waals surface area contributed by atoms with Crippen molar-refractivity contribution in [2.75, 3.05) is 13.1 Å². The lowest BCUT2D eigenvalue weighted by atomic mass is 9.91. The summed E-state index contributed by atoms with van der Waals surface area (Å²) in [6.07, 6.45) is 0. The summed E-state index contributed by atoms with van der Waals surface area (Å²) in [7, 11) is 0. The van der Waals surface area contributed by atoms with Gasteiger partial charge in [0.1, 0.15) is 0 Å². The van der Waals surface area contributed by atoms with E-state index in [4.69, 9.17) is 10.7 Å². The van der Waals surface area contributed by atoms with Gasteiger partial charge in [0.05, 0.1) is 13.1 Å². The third kappa shape index (κ3) is 3.06. The monoisotopic (exact) mass is 241 g/mol. The van der Waals surface area contributed by atoms with Gasteiger partial charge in [-0.1, -0.05) is 6.58 Å². The molecule has 0 unspecified atom stereocenters. The van der Waals surface area contributed by atoms with E-state index >= 15 is 0 Å². The minimum Gasteiger partial charge on any atom is -0.364 e. The van der Waals surface area contributed by atoms with Crippen LogP contribution in [0.3, 0.4) is 0 Å².